The van der Waals surface area contributed by atoms with E-state index in [4.69, 9.17) is 9.47 Å². The van der Waals surface area contributed by atoms with Crippen LogP contribution in [0, 0.1) is 0 Å². The number of cyclic esters (lactones) is 1. The highest BCUT2D eigenvalue weighted by Gasteiger charge is 2.28. The van der Waals surface area contributed by atoms with Crippen LogP contribution in [0.1, 0.15) is 17.2 Å². The molecule has 0 bridgehead atoms. The summed E-state index contributed by atoms with van der Waals surface area (Å²) in [6.07, 6.45) is -1.07. The first-order chi connectivity index (χ1) is 10.3. The van der Waals surface area contributed by atoms with Gasteiger partial charge in [0, 0.05) is 5.56 Å². The summed E-state index contributed by atoms with van der Waals surface area (Å²) in [5.74, 6) is 0.761. The Bertz CT molecular complexity index is 666. The van der Waals surface area contributed by atoms with Crippen molar-refractivity contribution in [3.05, 3.63) is 65.7 Å². The van der Waals surface area contributed by atoms with Crippen molar-refractivity contribution in [2.75, 3.05) is 7.11 Å². The maximum absolute atomic E-state index is 11.5. The predicted octanol–water partition coefficient (Wildman–Crippen LogP) is 2.88. The molecule has 1 amide bonds. The number of hydrogen-bond donors (Lipinski definition) is 1. The molecule has 0 saturated heterocycles. The van der Waals surface area contributed by atoms with E-state index in [1.165, 1.54) is 0 Å². The number of amides is 1. The number of carbonyl (C=O) groups excluding carboxylic acids is 1. The highest BCUT2D eigenvalue weighted by molar-refractivity contribution is 6.06. The standard InChI is InChI=1S/C16H14N2O3/c1-20-13-9-7-11(8-10-13)14-15(21-16(19)18-17-14)12-5-3-2-4-6-12/h2-10,15H,1H3,(H,18,19)/t15-/m0/s1. The zero-order chi connectivity index (χ0) is 14.7. The summed E-state index contributed by atoms with van der Waals surface area (Å²) in [5, 5.41) is 4.15. The molecule has 106 valence electrons. The molecule has 5 heteroatoms. The molecule has 2 aromatic carbocycles. The Morgan fingerprint density at radius 1 is 1.10 bits per heavy atom. The summed E-state index contributed by atoms with van der Waals surface area (Å²) in [6, 6.07) is 17.0. The van der Waals surface area contributed by atoms with Gasteiger partial charge in [-0.25, -0.2) is 10.2 Å². The van der Waals surface area contributed by atoms with Crippen molar-refractivity contribution in [2.24, 2.45) is 5.10 Å². The molecule has 1 atom stereocenters. The number of nitrogens with zero attached hydrogens (tertiary/aromatic N) is 1. The van der Waals surface area contributed by atoms with E-state index in [0.29, 0.717) is 5.71 Å². The molecule has 0 aromatic heterocycles. The second-order valence-corrected chi connectivity index (χ2v) is 4.53. The Hall–Kier alpha value is -2.82. The van der Waals surface area contributed by atoms with Crippen LogP contribution in [0.25, 0.3) is 0 Å². The molecule has 0 spiro atoms. The van der Waals surface area contributed by atoms with Gasteiger partial charge in [-0.3, -0.25) is 0 Å². The highest BCUT2D eigenvalue weighted by atomic mass is 16.6. The van der Waals surface area contributed by atoms with Crippen molar-refractivity contribution >= 4 is 11.8 Å². The number of rotatable bonds is 3. The zero-order valence-corrected chi connectivity index (χ0v) is 11.4. The van der Waals surface area contributed by atoms with Crippen LogP contribution in [-0.2, 0) is 4.74 Å². The van der Waals surface area contributed by atoms with Crippen LogP contribution in [0.5, 0.6) is 5.75 Å². The summed E-state index contributed by atoms with van der Waals surface area (Å²) in [6.45, 7) is 0. The fraction of sp³-hybridized carbons (Fsp3) is 0.125. The van der Waals surface area contributed by atoms with Crippen LogP contribution >= 0.6 is 0 Å². The number of hydrogen-bond acceptors (Lipinski definition) is 4. The quantitative estimate of drug-likeness (QED) is 0.941. The molecule has 2 aromatic rings. The molecule has 1 aliphatic heterocycles. The number of benzene rings is 2. The summed E-state index contributed by atoms with van der Waals surface area (Å²) >= 11 is 0. The number of nitrogens with one attached hydrogen (secondary N) is 1. The van der Waals surface area contributed by atoms with Crippen LogP contribution in [-0.4, -0.2) is 18.9 Å². The normalized spacial score (nSPS) is 17.5. The molecule has 5 nitrogen and oxygen atoms in total. The van der Waals surface area contributed by atoms with Gasteiger partial charge in [0.1, 0.15) is 11.5 Å². The molecule has 0 saturated carbocycles. The Morgan fingerprint density at radius 3 is 2.48 bits per heavy atom. The second-order valence-electron chi connectivity index (χ2n) is 4.53. The Kier molecular flexibility index (Phi) is 3.55. The van der Waals surface area contributed by atoms with Gasteiger partial charge in [0.25, 0.3) is 0 Å². The average molecular weight is 282 g/mol. The van der Waals surface area contributed by atoms with E-state index in [9.17, 15) is 4.79 Å². The van der Waals surface area contributed by atoms with Crippen molar-refractivity contribution in [3.63, 3.8) is 0 Å². The van der Waals surface area contributed by atoms with Gasteiger partial charge < -0.3 is 9.47 Å². The first-order valence-electron chi connectivity index (χ1n) is 6.51. The minimum Gasteiger partial charge on any atom is -0.497 e. The van der Waals surface area contributed by atoms with E-state index in [1.807, 2.05) is 54.6 Å². The number of carbonyl (C=O) groups is 1. The van der Waals surface area contributed by atoms with Gasteiger partial charge in [0.15, 0.2) is 6.10 Å². The fourth-order valence-corrected chi connectivity index (χ4v) is 2.19. The van der Waals surface area contributed by atoms with Gasteiger partial charge in [-0.05, 0) is 29.8 Å². The topological polar surface area (TPSA) is 59.9 Å². The maximum Gasteiger partial charge on any atom is 0.428 e. The minimum atomic E-state index is -0.555. The van der Waals surface area contributed by atoms with Crippen LogP contribution < -0.4 is 10.2 Å². The second kappa shape index (κ2) is 5.66. The Morgan fingerprint density at radius 2 is 1.81 bits per heavy atom. The molecular formula is C16H14N2O3. The number of hydrazone groups is 1. The van der Waals surface area contributed by atoms with Gasteiger partial charge in [0.2, 0.25) is 0 Å². The zero-order valence-electron chi connectivity index (χ0n) is 11.4. The molecule has 1 aliphatic rings. The van der Waals surface area contributed by atoms with Gasteiger partial charge in [-0.1, -0.05) is 30.3 Å². The summed E-state index contributed by atoms with van der Waals surface area (Å²) in [4.78, 5) is 11.5. The lowest BCUT2D eigenvalue weighted by Crippen LogP contribution is -2.33. The van der Waals surface area contributed by atoms with Gasteiger partial charge in [-0.2, -0.15) is 5.10 Å². The molecule has 3 rings (SSSR count). The Balaban J connectivity index is 1.98. The van der Waals surface area contributed by atoms with E-state index >= 15 is 0 Å². The van der Waals surface area contributed by atoms with Gasteiger partial charge in [0.05, 0.1) is 7.11 Å². The van der Waals surface area contributed by atoms with E-state index in [2.05, 4.69) is 10.5 Å². The fourth-order valence-electron chi connectivity index (χ4n) is 2.19. The van der Waals surface area contributed by atoms with E-state index in [-0.39, 0.29) is 0 Å². The Labute approximate surface area is 122 Å². The molecule has 0 aliphatic carbocycles. The van der Waals surface area contributed by atoms with Crippen molar-refractivity contribution < 1.29 is 14.3 Å². The van der Waals surface area contributed by atoms with Crippen LogP contribution in [0.15, 0.2) is 59.7 Å². The third kappa shape index (κ3) is 2.72. The summed E-state index contributed by atoms with van der Waals surface area (Å²) in [7, 11) is 1.61. The molecule has 0 radical (unpaired) electrons. The van der Waals surface area contributed by atoms with Crippen molar-refractivity contribution in [1.82, 2.24) is 5.43 Å². The first-order valence-corrected chi connectivity index (χ1v) is 6.51. The van der Waals surface area contributed by atoms with Crippen LogP contribution in [0.3, 0.4) is 0 Å². The maximum atomic E-state index is 11.5. The molecule has 0 fully saturated rings. The number of ether oxygens (including phenoxy) is 2. The molecule has 1 heterocycles. The lowest BCUT2D eigenvalue weighted by Gasteiger charge is -2.24. The third-order valence-electron chi connectivity index (χ3n) is 3.23. The number of methoxy groups -OCH3 is 1. The molecule has 1 N–H and O–H groups in total. The molecule has 21 heavy (non-hydrogen) atoms. The van der Waals surface area contributed by atoms with Crippen molar-refractivity contribution in [3.8, 4) is 5.75 Å². The average Bonchev–Trinajstić information content (AvgIpc) is 2.56. The minimum absolute atomic E-state index is 0.520. The third-order valence-corrected chi connectivity index (χ3v) is 3.23. The van der Waals surface area contributed by atoms with Gasteiger partial charge in [-0.15, -0.1) is 0 Å². The van der Waals surface area contributed by atoms with E-state index < -0.39 is 12.2 Å². The van der Waals surface area contributed by atoms with Crippen LogP contribution in [0.4, 0.5) is 4.79 Å². The molecule has 0 unspecified atom stereocenters. The highest BCUT2D eigenvalue weighted by Crippen LogP contribution is 2.26. The lowest BCUT2D eigenvalue weighted by molar-refractivity contribution is 0.121. The van der Waals surface area contributed by atoms with E-state index in [0.717, 1.165) is 16.9 Å². The van der Waals surface area contributed by atoms with Crippen molar-refractivity contribution in [1.29, 1.82) is 0 Å². The van der Waals surface area contributed by atoms with Crippen molar-refractivity contribution in [2.45, 2.75) is 6.10 Å². The van der Waals surface area contributed by atoms with Gasteiger partial charge >= 0.3 is 6.09 Å². The monoisotopic (exact) mass is 282 g/mol. The predicted molar refractivity (Wildman–Crippen MR) is 78.3 cm³/mol. The molecular weight excluding hydrogens is 268 g/mol. The largest absolute Gasteiger partial charge is 0.497 e. The van der Waals surface area contributed by atoms with Crippen LogP contribution in [0.2, 0.25) is 0 Å². The summed E-state index contributed by atoms with van der Waals surface area (Å²) < 4.78 is 10.5. The smallest absolute Gasteiger partial charge is 0.428 e. The lowest BCUT2D eigenvalue weighted by atomic mass is 9.98. The SMILES string of the molecule is COc1ccc(C2=NNC(=O)O[C@H]2c2ccccc2)cc1. The van der Waals surface area contributed by atoms with E-state index in [1.54, 1.807) is 7.11 Å². The first kappa shape index (κ1) is 13.2. The summed E-state index contributed by atoms with van der Waals surface area (Å²) in [5.41, 5.74) is 4.75.